The summed E-state index contributed by atoms with van der Waals surface area (Å²) in [4.78, 5) is 12.7. The minimum absolute atomic E-state index is 0.0179. The number of aryl methyl sites for hydroxylation is 1. The van der Waals surface area contributed by atoms with Crippen LogP contribution in [0, 0.1) is 0 Å². The molecule has 1 aliphatic carbocycles. The number of aromatic nitrogens is 4. The lowest BCUT2D eigenvalue weighted by Gasteiger charge is -2.21. The molecule has 0 N–H and O–H groups in total. The molecule has 4 aromatic rings. The van der Waals surface area contributed by atoms with Gasteiger partial charge in [-0.15, -0.1) is 10.2 Å². The molecule has 1 aromatic carbocycles. The molecule has 3 heterocycles. The first-order valence-corrected chi connectivity index (χ1v) is 9.63. The van der Waals surface area contributed by atoms with Gasteiger partial charge in [-0.2, -0.15) is 5.10 Å². The Morgan fingerprint density at radius 1 is 1.18 bits per heavy atom. The number of hydrogen-bond donors (Lipinski definition) is 0. The smallest absolute Gasteiger partial charge is 0.185 e. The Labute approximate surface area is 166 Å². The summed E-state index contributed by atoms with van der Waals surface area (Å²) in [5.41, 5.74) is 4.68. The number of benzene rings is 1. The minimum atomic E-state index is -0.0290. The van der Waals surface area contributed by atoms with Crippen molar-refractivity contribution in [3.05, 3.63) is 70.5 Å². The van der Waals surface area contributed by atoms with Crippen LogP contribution in [0.1, 0.15) is 46.9 Å². The number of halogens is 1. The third kappa shape index (κ3) is 2.64. The number of rotatable bonds is 3. The zero-order valence-electron chi connectivity index (χ0n) is 15.2. The number of Topliss-reactive ketones (excluding diaryl/α,β-unsaturated/α-hetero) is 1. The van der Waals surface area contributed by atoms with Crippen LogP contribution in [0.25, 0.3) is 16.8 Å². The molecule has 0 radical (unpaired) electrons. The number of ketones is 1. The van der Waals surface area contributed by atoms with Gasteiger partial charge in [0.2, 0.25) is 0 Å². The summed E-state index contributed by atoms with van der Waals surface area (Å²) in [5, 5.41) is 14.1. The average Bonchev–Trinajstić information content (AvgIpc) is 3.36. The minimum Gasteiger partial charge on any atom is -0.469 e. The fourth-order valence-corrected chi connectivity index (χ4v) is 4.03. The molecule has 0 saturated heterocycles. The summed E-state index contributed by atoms with van der Waals surface area (Å²) >= 11 is 6.05. The maximum absolute atomic E-state index is 12.7. The topological polar surface area (TPSA) is 73.3 Å². The standard InChI is InChI=1S/C21H17ClN4O2/c1-2-15-19(12-5-7-14(22)8-6-12)21-24-23-20-16(26(21)25-15)10-13(11-17(20)27)18-4-3-9-28-18/h3-9,13H,2,10-11H2,1H3/t13-/m1/s1. The molecule has 0 bridgehead atoms. The van der Waals surface area contributed by atoms with Gasteiger partial charge < -0.3 is 4.42 Å². The molecule has 0 fully saturated rings. The molecule has 0 amide bonds. The fourth-order valence-electron chi connectivity index (χ4n) is 3.90. The quantitative estimate of drug-likeness (QED) is 0.512. The van der Waals surface area contributed by atoms with E-state index in [9.17, 15) is 4.79 Å². The van der Waals surface area contributed by atoms with Crippen LogP contribution in [0.3, 0.4) is 0 Å². The normalized spacial score (nSPS) is 16.5. The van der Waals surface area contributed by atoms with Gasteiger partial charge in [0.15, 0.2) is 17.1 Å². The van der Waals surface area contributed by atoms with Crippen molar-refractivity contribution in [3.8, 4) is 11.1 Å². The predicted molar refractivity (Wildman–Crippen MR) is 105 cm³/mol. The van der Waals surface area contributed by atoms with Crippen LogP contribution in [-0.2, 0) is 12.8 Å². The largest absolute Gasteiger partial charge is 0.469 e. The Morgan fingerprint density at radius 3 is 2.71 bits per heavy atom. The molecular weight excluding hydrogens is 376 g/mol. The lowest BCUT2D eigenvalue weighted by Crippen LogP contribution is -2.24. The number of nitrogens with zero attached hydrogens (tertiary/aromatic N) is 4. The average molecular weight is 393 g/mol. The number of carbonyl (C=O) groups is 1. The maximum Gasteiger partial charge on any atom is 0.185 e. The first-order valence-electron chi connectivity index (χ1n) is 9.25. The van der Waals surface area contributed by atoms with Gasteiger partial charge in [0.25, 0.3) is 0 Å². The van der Waals surface area contributed by atoms with Crippen molar-refractivity contribution in [2.24, 2.45) is 0 Å². The summed E-state index contributed by atoms with van der Waals surface area (Å²) < 4.78 is 7.34. The molecule has 28 heavy (non-hydrogen) atoms. The Kier molecular flexibility index (Phi) is 4.02. The molecule has 1 aliphatic rings. The summed E-state index contributed by atoms with van der Waals surface area (Å²) in [6.07, 6.45) is 3.38. The van der Waals surface area contributed by atoms with Crippen LogP contribution in [0.15, 0.2) is 47.1 Å². The predicted octanol–water partition coefficient (Wildman–Crippen LogP) is 4.51. The van der Waals surface area contributed by atoms with Crippen molar-refractivity contribution < 1.29 is 9.21 Å². The van der Waals surface area contributed by atoms with Crippen molar-refractivity contribution in [2.45, 2.75) is 32.1 Å². The van der Waals surface area contributed by atoms with E-state index in [4.69, 9.17) is 21.1 Å². The molecule has 6 nitrogen and oxygen atoms in total. The van der Waals surface area contributed by atoms with E-state index in [1.807, 2.05) is 36.4 Å². The van der Waals surface area contributed by atoms with E-state index in [-0.39, 0.29) is 11.7 Å². The Morgan fingerprint density at radius 2 is 2.00 bits per heavy atom. The van der Waals surface area contributed by atoms with Gasteiger partial charge in [0.1, 0.15) is 5.76 Å². The van der Waals surface area contributed by atoms with Crippen molar-refractivity contribution in [3.63, 3.8) is 0 Å². The van der Waals surface area contributed by atoms with Crippen LogP contribution in [0.2, 0.25) is 5.02 Å². The molecule has 7 heteroatoms. The molecular formula is C21H17ClN4O2. The van der Waals surface area contributed by atoms with Crippen molar-refractivity contribution in [1.82, 2.24) is 19.8 Å². The Balaban J connectivity index is 1.70. The second-order valence-corrected chi connectivity index (χ2v) is 7.39. The fraction of sp³-hybridized carbons (Fsp3) is 0.238. The highest BCUT2D eigenvalue weighted by Crippen LogP contribution is 2.35. The van der Waals surface area contributed by atoms with Gasteiger partial charge in [-0.1, -0.05) is 30.7 Å². The zero-order chi connectivity index (χ0) is 19.3. The monoisotopic (exact) mass is 392 g/mol. The zero-order valence-corrected chi connectivity index (χ0v) is 16.0. The Hall–Kier alpha value is -2.99. The molecule has 0 saturated carbocycles. The van der Waals surface area contributed by atoms with E-state index in [2.05, 4.69) is 17.1 Å². The van der Waals surface area contributed by atoms with E-state index >= 15 is 0 Å². The van der Waals surface area contributed by atoms with Gasteiger partial charge in [-0.3, -0.25) is 4.79 Å². The van der Waals surface area contributed by atoms with Crippen LogP contribution >= 0.6 is 11.6 Å². The van der Waals surface area contributed by atoms with Crippen molar-refractivity contribution >= 4 is 23.0 Å². The molecule has 140 valence electrons. The van der Waals surface area contributed by atoms with E-state index in [0.29, 0.717) is 29.2 Å². The lowest BCUT2D eigenvalue weighted by atomic mass is 9.87. The van der Waals surface area contributed by atoms with Gasteiger partial charge in [-0.25, -0.2) is 4.52 Å². The van der Waals surface area contributed by atoms with E-state index in [1.165, 1.54) is 0 Å². The van der Waals surface area contributed by atoms with Crippen LogP contribution < -0.4 is 0 Å². The van der Waals surface area contributed by atoms with Gasteiger partial charge in [-0.05, 0) is 36.2 Å². The summed E-state index contributed by atoms with van der Waals surface area (Å²) in [7, 11) is 0. The third-order valence-electron chi connectivity index (χ3n) is 5.26. The maximum atomic E-state index is 12.7. The van der Waals surface area contributed by atoms with E-state index in [0.717, 1.165) is 34.7 Å². The number of fused-ring (bicyclic) bond motifs is 3. The van der Waals surface area contributed by atoms with Crippen LogP contribution in [0.5, 0.6) is 0 Å². The summed E-state index contributed by atoms with van der Waals surface area (Å²) in [5.74, 6) is 0.763. The highest BCUT2D eigenvalue weighted by Gasteiger charge is 2.32. The molecule has 5 rings (SSSR count). The lowest BCUT2D eigenvalue weighted by molar-refractivity contribution is 0.0951. The second-order valence-electron chi connectivity index (χ2n) is 6.96. The van der Waals surface area contributed by atoms with Gasteiger partial charge >= 0.3 is 0 Å². The van der Waals surface area contributed by atoms with Gasteiger partial charge in [0.05, 0.1) is 23.2 Å². The van der Waals surface area contributed by atoms with E-state index in [1.54, 1.807) is 10.8 Å². The van der Waals surface area contributed by atoms with Gasteiger partial charge in [0, 0.05) is 23.8 Å². The Bertz CT molecular complexity index is 1180. The molecule has 0 aliphatic heterocycles. The molecule has 0 spiro atoms. The molecule has 0 unspecified atom stereocenters. The highest BCUT2D eigenvalue weighted by molar-refractivity contribution is 6.30. The molecule has 1 atom stereocenters. The van der Waals surface area contributed by atoms with Crippen LogP contribution in [-0.4, -0.2) is 25.6 Å². The first kappa shape index (κ1) is 17.1. The number of hydrogen-bond acceptors (Lipinski definition) is 5. The highest BCUT2D eigenvalue weighted by atomic mass is 35.5. The molecule has 3 aromatic heterocycles. The van der Waals surface area contributed by atoms with Crippen molar-refractivity contribution in [2.75, 3.05) is 0 Å². The number of carbonyl (C=O) groups excluding carboxylic acids is 1. The first-order chi connectivity index (χ1) is 13.7. The third-order valence-corrected chi connectivity index (χ3v) is 5.51. The SMILES string of the molecule is CCc1nn2c3c(nnc2c1-c1ccc(Cl)cc1)C(=O)C[C@H](c1ccco1)C3. The van der Waals surface area contributed by atoms with Crippen molar-refractivity contribution in [1.29, 1.82) is 0 Å². The summed E-state index contributed by atoms with van der Waals surface area (Å²) in [6.45, 7) is 2.05. The number of furan rings is 1. The second kappa shape index (κ2) is 6.56. The van der Waals surface area contributed by atoms with E-state index < -0.39 is 0 Å². The summed E-state index contributed by atoms with van der Waals surface area (Å²) in [6, 6.07) is 11.4. The van der Waals surface area contributed by atoms with Crippen LogP contribution in [0.4, 0.5) is 0 Å².